The normalized spacial score (nSPS) is 14.0. The number of ether oxygens (including phenoxy) is 1. The van der Waals surface area contributed by atoms with Gasteiger partial charge in [0.15, 0.2) is 5.11 Å². The summed E-state index contributed by atoms with van der Waals surface area (Å²) in [4.78, 5) is 16.2. The summed E-state index contributed by atoms with van der Waals surface area (Å²) >= 11 is 5.57. The van der Waals surface area contributed by atoms with Gasteiger partial charge < -0.3 is 24.3 Å². The van der Waals surface area contributed by atoms with E-state index in [1.165, 1.54) is 5.56 Å². The molecule has 1 aliphatic rings. The number of hydrogen-bond acceptors (Lipinski definition) is 4. The van der Waals surface area contributed by atoms with Crippen molar-refractivity contribution in [1.29, 1.82) is 0 Å². The van der Waals surface area contributed by atoms with Crippen LogP contribution in [0.2, 0.25) is 0 Å². The van der Waals surface area contributed by atoms with Gasteiger partial charge in [-0.25, -0.2) is 0 Å². The number of rotatable bonds is 6. The lowest BCUT2D eigenvalue weighted by molar-refractivity contribution is -0.134. The standard InChI is InChI=1S/C20H25N3O3S/c1-16-4-6-17(7-5-16)14-23(15-18-3-2-10-26-18)20(27)21-13-19(24)22-8-11-25-12-9-22/h2-7,10H,8-9,11-15H2,1H3,(H,21,27). The molecule has 144 valence electrons. The molecule has 0 unspecified atom stereocenters. The van der Waals surface area contributed by atoms with E-state index in [1.54, 1.807) is 11.2 Å². The van der Waals surface area contributed by atoms with Gasteiger partial charge in [-0.2, -0.15) is 0 Å². The van der Waals surface area contributed by atoms with Crippen LogP contribution in [0.15, 0.2) is 47.1 Å². The molecular weight excluding hydrogens is 362 g/mol. The predicted molar refractivity (Wildman–Crippen MR) is 107 cm³/mol. The Morgan fingerprint density at radius 1 is 1.19 bits per heavy atom. The summed E-state index contributed by atoms with van der Waals surface area (Å²) in [5.74, 6) is 0.861. The molecule has 1 aromatic carbocycles. The van der Waals surface area contributed by atoms with Crippen LogP contribution < -0.4 is 5.32 Å². The van der Waals surface area contributed by atoms with E-state index in [9.17, 15) is 4.79 Å². The van der Waals surface area contributed by atoms with Crippen LogP contribution in [-0.2, 0) is 22.6 Å². The Balaban J connectivity index is 1.60. The van der Waals surface area contributed by atoms with Crippen molar-refractivity contribution in [3.05, 3.63) is 59.5 Å². The maximum atomic E-state index is 12.3. The molecule has 27 heavy (non-hydrogen) atoms. The molecular formula is C20H25N3O3S. The van der Waals surface area contributed by atoms with Crippen molar-refractivity contribution < 1.29 is 13.9 Å². The number of aryl methyl sites for hydroxylation is 1. The van der Waals surface area contributed by atoms with Gasteiger partial charge in [0.2, 0.25) is 5.91 Å². The van der Waals surface area contributed by atoms with E-state index >= 15 is 0 Å². The molecule has 0 spiro atoms. The maximum Gasteiger partial charge on any atom is 0.242 e. The summed E-state index contributed by atoms with van der Waals surface area (Å²) in [6, 6.07) is 12.1. The van der Waals surface area contributed by atoms with Crippen LogP contribution in [-0.4, -0.2) is 53.7 Å². The maximum absolute atomic E-state index is 12.3. The molecule has 0 saturated carbocycles. The fourth-order valence-electron chi connectivity index (χ4n) is 2.89. The number of benzene rings is 1. The first-order chi connectivity index (χ1) is 13.1. The van der Waals surface area contributed by atoms with Crippen molar-refractivity contribution in [2.24, 2.45) is 0 Å². The van der Waals surface area contributed by atoms with Crippen LogP contribution in [0, 0.1) is 6.92 Å². The fraction of sp³-hybridized carbons (Fsp3) is 0.400. The van der Waals surface area contributed by atoms with Gasteiger partial charge in [0.1, 0.15) is 5.76 Å². The third-order valence-corrected chi connectivity index (χ3v) is 4.87. The zero-order chi connectivity index (χ0) is 19.1. The van der Waals surface area contributed by atoms with Gasteiger partial charge in [-0.05, 0) is 36.8 Å². The van der Waals surface area contributed by atoms with E-state index in [-0.39, 0.29) is 12.5 Å². The van der Waals surface area contributed by atoms with Crippen molar-refractivity contribution in [1.82, 2.24) is 15.1 Å². The zero-order valence-corrected chi connectivity index (χ0v) is 16.3. The number of thiocarbonyl (C=S) groups is 1. The molecule has 0 aliphatic carbocycles. The Morgan fingerprint density at radius 3 is 2.59 bits per heavy atom. The number of hydrogen-bond donors (Lipinski definition) is 1. The molecule has 2 heterocycles. The van der Waals surface area contributed by atoms with Crippen molar-refractivity contribution in [2.45, 2.75) is 20.0 Å². The molecule has 2 aromatic rings. The number of carbonyl (C=O) groups excluding carboxylic acids is 1. The Hall–Kier alpha value is -2.38. The second kappa shape index (κ2) is 9.53. The van der Waals surface area contributed by atoms with Crippen LogP contribution >= 0.6 is 12.2 Å². The van der Waals surface area contributed by atoms with E-state index in [1.807, 2.05) is 17.0 Å². The summed E-state index contributed by atoms with van der Waals surface area (Å²) < 4.78 is 10.8. The number of morpholine rings is 1. The molecule has 0 bridgehead atoms. The highest BCUT2D eigenvalue weighted by atomic mass is 32.1. The number of nitrogens with one attached hydrogen (secondary N) is 1. The third kappa shape index (κ3) is 5.80. The second-order valence-electron chi connectivity index (χ2n) is 6.57. The second-order valence-corrected chi connectivity index (χ2v) is 6.96. The van der Waals surface area contributed by atoms with Crippen molar-refractivity contribution in [3.63, 3.8) is 0 Å². The lowest BCUT2D eigenvalue weighted by Crippen LogP contribution is -2.48. The highest BCUT2D eigenvalue weighted by Gasteiger charge is 2.18. The predicted octanol–water partition coefficient (Wildman–Crippen LogP) is 2.32. The number of carbonyl (C=O) groups is 1. The van der Waals surface area contributed by atoms with Gasteiger partial charge in [-0.1, -0.05) is 29.8 Å². The van der Waals surface area contributed by atoms with E-state index in [4.69, 9.17) is 21.4 Å². The molecule has 0 atom stereocenters. The highest BCUT2D eigenvalue weighted by molar-refractivity contribution is 7.80. The molecule has 1 N–H and O–H groups in total. The Kier molecular flexibility index (Phi) is 6.84. The Morgan fingerprint density at radius 2 is 1.93 bits per heavy atom. The first-order valence-corrected chi connectivity index (χ1v) is 9.49. The minimum atomic E-state index is 0.0361. The zero-order valence-electron chi connectivity index (χ0n) is 15.5. The molecule has 1 aromatic heterocycles. The number of furan rings is 1. The summed E-state index contributed by atoms with van der Waals surface area (Å²) in [6.45, 7) is 5.87. The molecule has 1 saturated heterocycles. The van der Waals surface area contributed by atoms with Crippen molar-refractivity contribution >= 4 is 23.2 Å². The average molecular weight is 388 g/mol. The third-order valence-electron chi connectivity index (χ3n) is 4.46. The van der Waals surface area contributed by atoms with E-state index < -0.39 is 0 Å². The van der Waals surface area contributed by atoms with Gasteiger partial charge in [0.25, 0.3) is 0 Å². The Bertz CT molecular complexity index is 740. The summed E-state index contributed by atoms with van der Waals surface area (Å²) in [6.07, 6.45) is 1.65. The first-order valence-electron chi connectivity index (χ1n) is 9.08. The molecule has 1 amide bonds. The van der Waals surface area contributed by atoms with Crippen LogP contribution in [0.1, 0.15) is 16.9 Å². The van der Waals surface area contributed by atoms with Crippen LogP contribution in [0.4, 0.5) is 0 Å². The Labute approximate surface area is 165 Å². The number of amides is 1. The van der Waals surface area contributed by atoms with E-state index in [0.29, 0.717) is 44.5 Å². The molecule has 7 heteroatoms. The van der Waals surface area contributed by atoms with Gasteiger partial charge >= 0.3 is 0 Å². The van der Waals surface area contributed by atoms with Gasteiger partial charge in [0.05, 0.1) is 32.6 Å². The van der Waals surface area contributed by atoms with Crippen molar-refractivity contribution in [2.75, 3.05) is 32.8 Å². The largest absolute Gasteiger partial charge is 0.467 e. The summed E-state index contributed by atoms with van der Waals surface area (Å²) in [5.41, 5.74) is 2.36. The molecule has 1 aliphatic heterocycles. The molecule has 1 fully saturated rings. The van der Waals surface area contributed by atoms with Crippen molar-refractivity contribution in [3.8, 4) is 0 Å². The summed E-state index contributed by atoms with van der Waals surface area (Å²) in [7, 11) is 0. The van der Waals surface area contributed by atoms with Crippen LogP contribution in [0.3, 0.4) is 0 Å². The molecule has 6 nitrogen and oxygen atoms in total. The van der Waals surface area contributed by atoms with Gasteiger partial charge in [-0.15, -0.1) is 0 Å². The SMILES string of the molecule is Cc1ccc(CN(Cc2ccco2)C(=S)NCC(=O)N2CCOCC2)cc1. The van der Waals surface area contributed by atoms with E-state index in [2.05, 4.69) is 36.5 Å². The van der Waals surface area contributed by atoms with Gasteiger partial charge in [-0.3, -0.25) is 4.79 Å². The average Bonchev–Trinajstić information content (AvgIpc) is 3.21. The summed E-state index contributed by atoms with van der Waals surface area (Å²) in [5, 5.41) is 3.64. The first kappa shape index (κ1) is 19.4. The van der Waals surface area contributed by atoms with Crippen LogP contribution in [0.5, 0.6) is 0 Å². The monoisotopic (exact) mass is 387 g/mol. The minimum absolute atomic E-state index is 0.0361. The highest BCUT2D eigenvalue weighted by Crippen LogP contribution is 2.12. The quantitative estimate of drug-likeness (QED) is 0.768. The lowest BCUT2D eigenvalue weighted by Gasteiger charge is -2.29. The molecule has 0 radical (unpaired) electrons. The number of nitrogens with zero attached hydrogens (tertiary/aromatic N) is 2. The van der Waals surface area contributed by atoms with Crippen LogP contribution in [0.25, 0.3) is 0 Å². The smallest absolute Gasteiger partial charge is 0.242 e. The fourth-order valence-corrected chi connectivity index (χ4v) is 3.09. The van der Waals surface area contributed by atoms with E-state index in [0.717, 1.165) is 11.3 Å². The van der Waals surface area contributed by atoms with Gasteiger partial charge in [0, 0.05) is 19.6 Å². The minimum Gasteiger partial charge on any atom is -0.467 e. The topological polar surface area (TPSA) is 58.0 Å². The lowest BCUT2D eigenvalue weighted by atomic mass is 10.1. The molecule has 3 rings (SSSR count).